The van der Waals surface area contributed by atoms with Crippen molar-refractivity contribution in [2.45, 2.75) is 12.5 Å². The maximum absolute atomic E-state index is 12.8. The minimum atomic E-state index is -0.176. The first-order valence-corrected chi connectivity index (χ1v) is 7.43. The lowest BCUT2D eigenvalue weighted by atomic mass is 9.97. The molecule has 1 atom stereocenters. The van der Waals surface area contributed by atoms with E-state index in [-0.39, 0.29) is 17.0 Å². The lowest BCUT2D eigenvalue weighted by molar-refractivity contribution is 0.0983. The van der Waals surface area contributed by atoms with E-state index in [0.717, 1.165) is 17.7 Å². The highest BCUT2D eigenvalue weighted by Crippen LogP contribution is 2.31. The topological polar surface area (TPSA) is 46.3 Å². The predicted octanol–water partition coefficient (Wildman–Crippen LogP) is 3.52. The highest BCUT2D eigenvalue weighted by atomic mass is 35.5. The van der Waals surface area contributed by atoms with Crippen LogP contribution in [-0.4, -0.2) is 18.5 Å². The molecule has 0 fully saturated rings. The first kappa shape index (κ1) is 14.4. The minimum absolute atomic E-state index is 0.0817. The molecule has 2 aromatic rings. The van der Waals surface area contributed by atoms with Gasteiger partial charge in [-0.3, -0.25) is 4.79 Å². The van der Waals surface area contributed by atoms with E-state index in [9.17, 15) is 4.79 Å². The van der Waals surface area contributed by atoms with E-state index in [0.29, 0.717) is 17.1 Å². The van der Waals surface area contributed by atoms with E-state index in [1.165, 1.54) is 0 Å². The number of hydrogen-bond donors (Lipinski definition) is 1. The van der Waals surface area contributed by atoms with Crippen molar-refractivity contribution in [1.82, 2.24) is 0 Å². The normalized spacial score (nSPS) is 17.5. The van der Waals surface area contributed by atoms with Gasteiger partial charge in [0.25, 0.3) is 5.91 Å². The zero-order chi connectivity index (χ0) is 15.0. The van der Waals surface area contributed by atoms with Crippen LogP contribution in [0.1, 0.15) is 15.9 Å². The first-order valence-electron chi connectivity index (χ1n) is 6.67. The Hall–Kier alpha value is -1.55. The molecule has 0 radical (unpaired) electrons. The number of nitrogens with zero attached hydrogens (tertiary/aromatic N) is 1. The third kappa shape index (κ3) is 2.64. The third-order valence-electron chi connectivity index (χ3n) is 3.61. The quantitative estimate of drug-likeness (QED) is 0.873. The summed E-state index contributed by atoms with van der Waals surface area (Å²) in [6, 6.07) is 12.8. The van der Waals surface area contributed by atoms with Crippen molar-refractivity contribution in [1.29, 1.82) is 0 Å². The van der Waals surface area contributed by atoms with Crippen LogP contribution in [0.3, 0.4) is 0 Å². The molecule has 108 valence electrons. The smallest absolute Gasteiger partial charge is 0.259 e. The van der Waals surface area contributed by atoms with Gasteiger partial charge in [0.05, 0.1) is 15.6 Å². The summed E-state index contributed by atoms with van der Waals surface area (Å²) in [4.78, 5) is 14.5. The molecule has 0 spiro atoms. The van der Waals surface area contributed by atoms with Gasteiger partial charge in [0, 0.05) is 18.3 Å². The predicted molar refractivity (Wildman–Crippen MR) is 86.3 cm³/mol. The second-order valence-electron chi connectivity index (χ2n) is 5.11. The standard InChI is InChI=1S/C16H14Cl2N2O/c17-13-6-3-5-12(15(13)18)16(21)20-9-11(19)8-10-4-1-2-7-14(10)20/h1-7,11H,8-9,19H2. The van der Waals surface area contributed by atoms with Gasteiger partial charge in [-0.1, -0.05) is 47.5 Å². The summed E-state index contributed by atoms with van der Waals surface area (Å²) >= 11 is 12.2. The summed E-state index contributed by atoms with van der Waals surface area (Å²) < 4.78 is 0. The highest BCUT2D eigenvalue weighted by molar-refractivity contribution is 6.44. The molecule has 1 unspecified atom stereocenters. The van der Waals surface area contributed by atoms with Gasteiger partial charge in [-0.15, -0.1) is 0 Å². The Bertz CT molecular complexity index is 702. The Morgan fingerprint density at radius 2 is 1.90 bits per heavy atom. The number of halogens is 2. The van der Waals surface area contributed by atoms with Crippen molar-refractivity contribution in [3.05, 3.63) is 63.6 Å². The van der Waals surface area contributed by atoms with Crippen LogP contribution in [0.2, 0.25) is 10.0 Å². The number of carbonyl (C=O) groups is 1. The van der Waals surface area contributed by atoms with E-state index >= 15 is 0 Å². The summed E-state index contributed by atoms with van der Waals surface area (Å²) in [6.07, 6.45) is 0.767. The van der Waals surface area contributed by atoms with Gasteiger partial charge in [0.1, 0.15) is 0 Å². The number of para-hydroxylation sites is 1. The molecule has 2 aromatic carbocycles. The first-order chi connectivity index (χ1) is 10.1. The van der Waals surface area contributed by atoms with Crippen molar-refractivity contribution in [2.75, 3.05) is 11.4 Å². The van der Waals surface area contributed by atoms with Gasteiger partial charge in [0.2, 0.25) is 0 Å². The van der Waals surface area contributed by atoms with Crippen LogP contribution in [0.15, 0.2) is 42.5 Å². The summed E-state index contributed by atoms with van der Waals surface area (Å²) in [7, 11) is 0. The average molecular weight is 321 g/mol. The monoisotopic (exact) mass is 320 g/mol. The van der Waals surface area contributed by atoms with Crippen molar-refractivity contribution >= 4 is 34.8 Å². The SMILES string of the molecule is NC1Cc2ccccc2N(C(=O)c2cccc(Cl)c2Cl)C1. The number of hydrogen-bond acceptors (Lipinski definition) is 2. The van der Waals surface area contributed by atoms with Crippen LogP contribution < -0.4 is 10.6 Å². The van der Waals surface area contributed by atoms with E-state index < -0.39 is 0 Å². The van der Waals surface area contributed by atoms with E-state index in [1.807, 2.05) is 24.3 Å². The number of amides is 1. The fourth-order valence-electron chi connectivity index (χ4n) is 2.63. The Morgan fingerprint density at radius 3 is 2.71 bits per heavy atom. The van der Waals surface area contributed by atoms with Crippen LogP contribution in [0, 0.1) is 0 Å². The van der Waals surface area contributed by atoms with E-state index in [1.54, 1.807) is 23.1 Å². The van der Waals surface area contributed by atoms with Gasteiger partial charge in [-0.25, -0.2) is 0 Å². The summed E-state index contributed by atoms with van der Waals surface area (Å²) in [5.41, 5.74) is 8.43. The fourth-order valence-corrected chi connectivity index (χ4v) is 3.01. The number of anilines is 1. The third-order valence-corrected chi connectivity index (χ3v) is 4.43. The molecule has 0 aliphatic carbocycles. The zero-order valence-electron chi connectivity index (χ0n) is 11.2. The molecular weight excluding hydrogens is 307 g/mol. The molecule has 3 nitrogen and oxygen atoms in total. The summed E-state index contributed by atoms with van der Waals surface area (Å²) in [6.45, 7) is 0.471. The lowest BCUT2D eigenvalue weighted by Gasteiger charge is -2.33. The largest absolute Gasteiger partial charge is 0.326 e. The average Bonchev–Trinajstić information content (AvgIpc) is 2.48. The Labute approximate surface area is 133 Å². The van der Waals surface area contributed by atoms with Crippen LogP contribution in [0.5, 0.6) is 0 Å². The van der Waals surface area contributed by atoms with Gasteiger partial charge in [0.15, 0.2) is 0 Å². The molecule has 0 aromatic heterocycles. The molecule has 0 bridgehead atoms. The number of benzene rings is 2. The van der Waals surface area contributed by atoms with E-state index in [4.69, 9.17) is 28.9 Å². The van der Waals surface area contributed by atoms with Crippen molar-refractivity contribution < 1.29 is 4.79 Å². The van der Waals surface area contributed by atoms with Crippen LogP contribution in [0.25, 0.3) is 0 Å². The van der Waals surface area contributed by atoms with Crippen LogP contribution in [-0.2, 0) is 6.42 Å². The van der Waals surface area contributed by atoms with Crippen LogP contribution in [0.4, 0.5) is 5.69 Å². The fraction of sp³-hybridized carbons (Fsp3) is 0.188. The number of fused-ring (bicyclic) bond motifs is 1. The highest BCUT2D eigenvalue weighted by Gasteiger charge is 2.28. The Morgan fingerprint density at radius 1 is 1.14 bits per heavy atom. The molecule has 0 saturated carbocycles. The molecule has 0 saturated heterocycles. The Kier molecular flexibility index (Phi) is 3.89. The maximum Gasteiger partial charge on any atom is 0.259 e. The second kappa shape index (κ2) is 5.68. The number of rotatable bonds is 1. The molecule has 1 aliphatic rings. The van der Waals surface area contributed by atoms with Gasteiger partial charge < -0.3 is 10.6 Å². The summed E-state index contributed by atoms with van der Waals surface area (Å²) in [5, 5.41) is 0.651. The molecule has 1 amide bonds. The van der Waals surface area contributed by atoms with Gasteiger partial charge >= 0.3 is 0 Å². The van der Waals surface area contributed by atoms with Crippen LogP contribution >= 0.6 is 23.2 Å². The molecular formula is C16H14Cl2N2O. The molecule has 3 rings (SSSR count). The second-order valence-corrected chi connectivity index (χ2v) is 5.90. The zero-order valence-corrected chi connectivity index (χ0v) is 12.7. The van der Waals surface area contributed by atoms with Crippen molar-refractivity contribution in [2.24, 2.45) is 5.73 Å². The molecule has 21 heavy (non-hydrogen) atoms. The molecule has 1 heterocycles. The molecule has 1 aliphatic heterocycles. The number of carbonyl (C=O) groups excluding carboxylic acids is 1. The van der Waals surface area contributed by atoms with Crippen molar-refractivity contribution in [3.63, 3.8) is 0 Å². The molecule has 2 N–H and O–H groups in total. The molecule has 5 heteroatoms. The van der Waals surface area contributed by atoms with Gasteiger partial charge in [-0.05, 0) is 30.2 Å². The lowest BCUT2D eigenvalue weighted by Crippen LogP contribution is -2.46. The Balaban J connectivity index is 2.04. The summed E-state index contributed by atoms with van der Waals surface area (Å²) in [5.74, 6) is -0.176. The minimum Gasteiger partial charge on any atom is -0.326 e. The van der Waals surface area contributed by atoms with Gasteiger partial charge in [-0.2, -0.15) is 0 Å². The van der Waals surface area contributed by atoms with Crippen molar-refractivity contribution in [3.8, 4) is 0 Å². The van der Waals surface area contributed by atoms with E-state index in [2.05, 4.69) is 0 Å². The number of nitrogens with two attached hydrogens (primary N) is 1. The maximum atomic E-state index is 12.8.